The quantitative estimate of drug-likeness (QED) is 0.330. The smallest absolute Gasteiger partial charge is 0.335 e. The van der Waals surface area contributed by atoms with Crippen LogP contribution >= 0.6 is 11.3 Å². The highest BCUT2D eigenvalue weighted by molar-refractivity contribution is 7.20. The molecule has 0 unspecified atom stereocenters. The van der Waals surface area contributed by atoms with E-state index in [0.29, 0.717) is 5.82 Å². The molecule has 2 aromatic heterocycles. The second-order valence-corrected chi connectivity index (χ2v) is 7.58. The van der Waals surface area contributed by atoms with E-state index in [2.05, 4.69) is 44.8 Å². The van der Waals surface area contributed by atoms with Crippen molar-refractivity contribution >= 4 is 51.7 Å². The van der Waals surface area contributed by atoms with Crippen LogP contribution in [0, 0.1) is 6.92 Å². The van der Waals surface area contributed by atoms with Crippen LogP contribution in [0.1, 0.15) is 31.9 Å². The summed E-state index contributed by atoms with van der Waals surface area (Å²) in [5.74, 6) is -0.323. The second kappa shape index (κ2) is 8.67. The van der Waals surface area contributed by atoms with Gasteiger partial charge < -0.3 is 5.11 Å². The lowest BCUT2D eigenvalue weighted by Gasteiger charge is -2.00. The van der Waals surface area contributed by atoms with Crippen LogP contribution in [0.3, 0.4) is 0 Å². The van der Waals surface area contributed by atoms with Crippen molar-refractivity contribution in [2.24, 2.45) is 5.10 Å². The molecule has 2 heterocycles. The normalized spacial score (nSPS) is 11.5. The van der Waals surface area contributed by atoms with Gasteiger partial charge in [-0.2, -0.15) is 5.10 Å². The molecule has 7 heteroatoms. The lowest BCUT2D eigenvalue weighted by atomic mass is 10.1. The fraction of sp³-hybridized carbons (Fsp3) is 0.0435. The zero-order valence-corrected chi connectivity index (χ0v) is 16.9. The Kier molecular flexibility index (Phi) is 5.63. The Balaban J connectivity index is 1.56. The molecular formula is C23H18N4O2S. The molecule has 4 aromatic rings. The molecule has 0 fully saturated rings. The number of aryl methyl sites for hydroxylation is 1. The summed E-state index contributed by atoms with van der Waals surface area (Å²) in [6.07, 6.45) is 7.31. The Morgan fingerprint density at radius 3 is 2.53 bits per heavy atom. The van der Waals surface area contributed by atoms with Crippen LogP contribution in [0.15, 0.2) is 66.0 Å². The highest BCUT2D eigenvalue weighted by Crippen LogP contribution is 2.34. The zero-order chi connectivity index (χ0) is 20.9. The maximum absolute atomic E-state index is 10.9. The van der Waals surface area contributed by atoms with E-state index in [9.17, 15) is 4.79 Å². The van der Waals surface area contributed by atoms with Gasteiger partial charge in [0.15, 0.2) is 5.82 Å². The van der Waals surface area contributed by atoms with Crippen molar-refractivity contribution in [3.63, 3.8) is 0 Å². The number of rotatable bonds is 6. The molecule has 0 atom stereocenters. The number of hydrogen-bond acceptors (Lipinski definition) is 6. The molecule has 4 rings (SSSR count). The number of fused-ring (bicyclic) bond motifs is 1. The van der Waals surface area contributed by atoms with Gasteiger partial charge in [0.25, 0.3) is 0 Å². The van der Waals surface area contributed by atoms with Crippen molar-refractivity contribution in [1.29, 1.82) is 0 Å². The number of carboxylic acid groups (broad SMARTS) is 1. The van der Waals surface area contributed by atoms with Gasteiger partial charge in [-0.05, 0) is 41.8 Å². The summed E-state index contributed by atoms with van der Waals surface area (Å²) in [7, 11) is 0. The van der Waals surface area contributed by atoms with E-state index in [4.69, 9.17) is 5.11 Å². The largest absolute Gasteiger partial charge is 0.478 e. The number of carboxylic acids is 1. The van der Waals surface area contributed by atoms with Crippen LogP contribution in [0.4, 0.5) is 5.82 Å². The Morgan fingerprint density at radius 2 is 1.80 bits per heavy atom. The number of benzene rings is 2. The van der Waals surface area contributed by atoms with Crippen LogP contribution in [0.5, 0.6) is 0 Å². The van der Waals surface area contributed by atoms with Crippen LogP contribution in [-0.2, 0) is 0 Å². The van der Waals surface area contributed by atoms with Gasteiger partial charge in [0.2, 0.25) is 0 Å². The molecule has 6 nitrogen and oxygen atoms in total. The topological polar surface area (TPSA) is 87.5 Å². The molecule has 148 valence electrons. The van der Waals surface area contributed by atoms with Gasteiger partial charge in [0.1, 0.15) is 6.33 Å². The highest BCUT2D eigenvalue weighted by atomic mass is 32.1. The highest BCUT2D eigenvalue weighted by Gasteiger charge is 2.12. The van der Waals surface area contributed by atoms with Crippen molar-refractivity contribution in [1.82, 2.24) is 9.97 Å². The average Bonchev–Trinajstić information content (AvgIpc) is 3.10. The fourth-order valence-electron chi connectivity index (χ4n) is 2.90. The van der Waals surface area contributed by atoms with Gasteiger partial charge in [-0.25, -0.2) is 14.8 Å². The van der Waals surface area contributed by atoms with E-state index in [1.54, 1.807) is 41.8 Å². The first-order valence-electron chi connectivity index (χ1n) is 9.21. The minimum Gasteiger partial charge on any atom is -0.478 e. The third-order valence-corrected chi connectivity index (χ3v) is 5.76. The summed E-state index contributed by atoms with van der Waals surface area (Å²) in [5.41, 5.74) is 7.13. The number of carbonyl (C=O) groups is 1. The van der Waals surface area contributed by atoms with Gasteiger partial charge in [-0.15, -0.1) is 11.3 Å². The number of nitrogens with one attached hydrogen (secondary N) is 1. The summed E-state index contributed by atoms with van der Waals surface area (Å²) in [4.78, 5) is 20.8. The number of anilines is 1. The Morgan fingerprint density at radius 1 is 1.03 bits per heavy atom. The molecule has 0 saturated carbocycles. The average molecular weight is 414 g/mol. The van der Waals surface area contributed by atoms with Gasteiger partial charge in [0.05, 0.1) is 22.0 Å². The van der Waals surface area contributed by atoms with Crippen molar-refractivity contribution in [3.05, 3.63) is 88.1 Å². The number of thiophene rings is 1. The maximum atomic E-state index is 10.9. The molecule has 0 bridgehead atoms. The first-order chi connectivity index (χ1) is 14.6. The first-order valence-corrected chi connectivity index (χ1v) is 10.0. The van der Waals surface area contributed by atoms with E-state index in [0.717, 1.165) is 31.8 Å². The van der Waals surface area contributed by atoms with E-state index in [1.807, 2.05) is 25.1 Å². The third kappa shape index (κ3) is 4.26. The van der Waals surface area contributed by atoms with Gasteiger partial charge >= 0.3 is 5.97 Å². The standard InChI is InChI=1S/C23H18N4O2S/c1-15-19(12-9-16-5-3-2-4-6-16)30-21-20(15)24-14-25-22(21)27-26-13-17-7-10-18(11-8-17)23(28)29/h2-14H,1H3,(H,28,29)(H,24,25,27)/b12-9+,26-13?. The molecule has 0 aliphatic rings. The van der Waals surface area contributed by atoms with Crippen molar-refractivity contribution < 1.29 is 9.90 Å². The van der Waals surface area contributed by atoms with Gasteiger partial charge in [-0.3, -0.25) is 5.43 Å². The summed E-state index contributed by atoms with van der Waals surface area (Å²) in [6.45, 7) is 2.05. The molecule has 0 saturated heterocycles. The van der Waals surface area contributed by atoms with Gasteiger partial charge in [-0.1, -0.05) is 48.5 Å². The predicted molar refractivity (Wildman–Crippen MR) is 122 cm³/mol. The van der Waals surface area contributed by atoms with E-state index < -0.39 is 5.97 Å². The van der Waals surface area contributed by atoms with Crippen molar-refractivity contribution in [3.8, 4) is 0 Å². The van der Waals surface area contributed by atoms with Gasteiger partial charge in [0, 0.05) is 4.88 Å². The SMILES string of the molecule is Cc1c(/C=C/c2ccccc2)sc2c(NN=Cc3ccc(C(=O)O)cc3)ncnc12. The summed E-state index contributed by atoms with van der Waals surface area (Å²) in [6, 6.07) is 16.6. The molecule has 0 spiro atoms. The molecular weight excluding hydrogens is 396 g/mol. The van der Waals surface area contributed by atoms with Crippen molar-refractivity contribution in [2.45, 2.75) is 6.92 Å². The lowest BCUT2D eigenvalue weighted by Crippen LogP contribution is -1.97. The molecule has 30 heavy (non-hydrogen) atoms. The molecule has 0 radical (unpaired) electrons. The Bertz CT molecular complexity index is 1250. The summed E-state index contributed by atoms with van der Waals surface area (Å²) >= 11 is 1.61. The fourth-order valence-corrected chi connectivity index (χ4v) is 4.00. The minimum absolute atomic E-state index is 0.239. The molecule has 0 amide bonds. The van der Waals surface area contributed by atoms with Crippen LogP contribution in [0.2, 0.25) is 0 Å². The number of hydrazone groups is 1. The van der Waals surface area contributed by atoms with Crippen LogP contribution in [-0.4, -0.2) is 27.3 Å². The summed E-state index contributed by atoms with van der Waals surface area (Å²) < 4.78 is 0.932. The summed E-state index contributed by atoms with van der Waals surface area (Å²) in [5, 5.41) is 13.2. The number of hydrogen-bond donors (Lipinski definition) is 2. The molecule has 0 aliphatic carbocycles. The second-order valence-electron chi connectivity index (χ2n) is 6.53. The number of aromatic carboxylic acids is 1. The third-order valence-electron chi connectivity index (χ3n) is 4.51. The minimum atomic E-state index is -0.954. The van der Waals surface area contributed by atoms with Crippen LogP contribution in [0.25, 0.3) is 22.4 Å². The number of aromatic nitrogens is 2. The van der Waals surface area contributed by atoms with Crippen LogP contribution < -0.4 is 5.43 Å². The van der Waals surface area contributed by atoms with E-state index in [1.165, 1.54) is 6.33 Å². The lowest BCUT2D eigenvalue weighted by molar-refractivity contribution is 0.0697. The van der Waals surface area contributed by atoms with E-state index in [-0.39, 0.29) is 5.56 Å². The number of nitrogens with zero attached hydrogens (tertiary/aromatic N) is 3. The monoisotopic (exact) mass is 414 g/mol. The zero-order valence-electron chi connectivity index (χ0n) is 16.1. The molecule has 2 aromatic carbocycles. The predicted octanol–water partition coefficient (Wildman–Crippen LogP) is 5.31. The van der Waals surface area contributed by atoms with E-state index >= 15 is 0 Å². The first kappa shape index (κ1) is 19.5. The maximum Gasteiger partial charge on any atom is 0.335 e. The Labute approximate surface area is 177 Å². The van der Waals surface area contributed by atoms with Crippen molar-refractivity contribution in [2.75, 3.05) is 5.43 Å². The Hall–Kier alpha value is -3.84. The molecule has 0 aliphatic heterocycles. The molecule has 2 N–H and O–H groups in total.